The second-order valence-corrected chi connectivity index (χ2v) is 5.14. The number of hydrogen-bond donors (Lipinski definition) is 0. The largest absolute Gasteiger partial charge is 0.492 e. The Labute approximate surface area is 119 Å². The summed E-state index contributed by atoms with van der Waals surface area (Å²) in [5.41, 5.74) is -0.0381. The number of morpholine rings is 1. The van der Waals surface area contributed by atoms with Crippen molar-refractivity contribution in [2.75, 3.05) is 39.5 Å². The number of nitrogens with zero attached hydrogens (tertiary/aromatic N) is 1. The zero-order valence-corrected chi connectivity index (χ0v) is 12.0. The Morgan fingerprint density at radius 1 is 1.32 bits per heavy atom. The van der Waals surface area contributed by atoms with Crippen LogP contribution in [0.25, 0.3) is 0 Å². The summed E-state index contributed by atoms with van der Waals surface area (Å²) in [5.74, 6) is 0.478. The third-order valence-electron chi connectivity index (χ3n) is 2.98. The Morgan fingerprint density at radius 2 is 2.05 bits per heavy atom. The van der Waals surface area contributed by atoms with Gasteiger partial charge in [-0.15, -0.1) is 0 Å². The maximum Gasteiger partial charge on any atom is 0.265 e. The molecule has 0 atom stereocenters. The first-order chi connectivity index (χ1) is 9.16. The SMILES string of the molecule is FC(F)c1cc(OCCN2CCOCC2)ccc1Br. The van der Waals surface area contributed by atoms with Gasteiger partial charge in [-0.1, -0.05) is 15.9 Å². The molecule has 0 spiro atoms. The highest BCUT2D eigenvalue weighted by Gasteiger charge is 2.13. The molecule has 106 valence electrons. The van der Waals surface area contributed by atoms with Crippen molar-refractivity contribution in [2.45, 2.75) is 6.43 Å². The number of benzene rings is 1. The van der Waals surface area contributed by atoms with E-state index in [9.17, 15) is 8.78 Å². The van der Waals surface area contributed by atoms with Crippen LogP contribution >= 0.6 is 15.9 Å². The summed E-state index contributed by atoms with van der Waals surface area (Å²) < 4.78 is 36.6. The molecule has 1 aliphatic rings. The molecular formula is C13H16BrF2NO2. The number of rotatable bonds is 5. The van der Waals surface area contributed by atoms with Gasteiger partial charge in [-0.2, -0.15) is 0 Å². The van der Waals surface area contributed by atoms with Crippen molar-refractivity contribution in [2.24, 2.45) is 0 Å². The van der Waals surface area contributed by atoms with Gasteiger partial charge in [0.1, 0.15) is 12.4 Å². The van der Waals surface area contributed by atoms with Crippen molar-refractivity contribution in [3.63, 3.8) is 0 Å². The molecule has 1 saturated heterocycles. The van der Waals surface area contributed by atoms with E-state index in [4.69, 9.17) is 9.47 Å². The molecule has 0 bridgehead atoms. The van der Waals surface area contributed by atoms with Gasteiger partial charge >= 0.3 is 0 Å². The molecule has 6 heteroatoms. The molecule has 3 nitrogen and oxygen atoms in total. The molecular weight excluding hydrogens is 320 g/mol. The summed E-state index contributed by atoms with van der Waals surface area (Å²) >= 11 is 3.10. The number of hydrogen-bond acceptors (Lipinski definition) is 3. The van der Waals surface area contributed by atoms with Crippen molar-refractivity contribution in [1.82, 2.24) is 4.90 Å². The standard InChI is InChI=1S/C13H16BrF2NO2/c14-12-2-1-10(9-11(12)13(15)16)19-8-5-17-3-6-18-7-4-17/h1-2,9,13H,3-8H2. The Kier molecular flexibility index (Phi) is 5.54. The lowest BCUT2D eigenvalue weighted by atomic mass is 10.2. The lowest BCUT2D eigenvalue weighted by Crippen LogP contribution is -2.38. The van der Waals surface area contributed by atoms with Gasteiger partial charge in [0.2, 0.25) is 0 Å². The van der Waals surface area contributed by atoms with E-state index >= 15 is 0 Å². The van der Waals surface area contributed by atoms with Crippen LogP contribution in [0, 0.1) is 0 Å². The molecule has 0 saturated carbocycles. The average molecular weight is 336 g/mol. The van der Waals surface area contributed by atoms with E-state index in [0.717, 1.165) is 32.8 Å². The molecule has 2 rings (SSSR count). The van der Waals surface area contributed by atoms with Gasteiger partial charge < -0.3 is 9.47 Å². The van der Waals surface area contributed by atoms with Crippen LogP contribution < -0.4 is 4.74 Å². The molecule has 0 unspecified atom stereocenters. The molecule has 0 amide bonds. The minimum atomic E-state index is -2.50. The Balaban J connectivity index is 1.83. The average Bonchev–Trinajstić information content (AvgIpc) is 2.41. The van der Waals surface area contributed by atoms with Crippen LogP contribution in [0.15, 0.2) is 22.7 Å². The highest BCUT2D eigenvalue weighted by atomic mass is 79.9. The van der Waals surface area contributed by atoms with E-state index in [-0.39, 0.29) is 5.56 Å². The number of alkyl halides is 2. The topological polar surface area (TPSA) is 21.7 Å². The van der Waals surface area contributed by atoms with Crippen molar-refractivity contribution >= 4 is 15.9 Å². The summed E-state index contributed by atoms with van der Waals surface area (Å²) in [6.45, 7) is 4.55. The Hall–Kier alpha value is -0.720. The summed E-state index contributed by atoms with van der Waals surface area (Å²) in [4.78, 5) is 2.23. The van der Waals surface area contributed by atoms with Crippen LogP contribution in [0.5, 0.6) is 5.75 Å². The highest BCUT2D eigenvalue weighted by Crippen LogP contribution is 2.30. The molecule has 0 N–H and O–H groups in total. The monoisotopic (exact) mass is 335 g/mol. The van der Waals surface area contributed by atoms with E-state index in [0.29, 0.717) is 16.8 Å². The first-order valence-corrected chi connectivity index (χ1v) is 6.96. The van der Waals surface area contributed by atoms with Gasteiger partial charge in [0.25, 0.3) is 6.43 Å². The van der Waals surface area contributed by atoms with Crippen LogP contribution in [0.3, 0.4) is 0 Å². The minimum Gasteiger partial charge on any atom is -0.492 e. The Bertz CT molecular complexity index is 412. The molecule has 1 aromatic rings. The lowest BCUT2D eigenvalue weighted by Gasteiger charge is -2.26. The van der Waals surface area contributed by atoms with Crippen molar-refractivity contribution in [3.8, 4) is 5.75 Å². The van der Waals surface area contributed by atoms with Gasteiger partial charge in [0, 0.05) is 29.7 Å². The summed E-state index contributed by atoms with van der Waals surface area (Å²) in [6.07, 6.45) is -2.50. The van der Waals surface area contributed by atoms with E-state index in [1.807, 2.05) is 0 Å². The van der Waals surface area contributed by atoms with E-state index in [2.05, 4.69) is 20.8 Å². The van der Waals surface area contributed by atoms with Crippen LogP contribution in [0.2, 0.25) is 0 Å². The number of halogens is 3. The fourth-order valence-corrected chi connectivity index (χ4v) is 2.32. The molecule has 1 fully saturated rings. The van der Waals surface area contributed by atoms with Gasteiger partial charge in [-0.3, -0.25) is 4.90 Å². The van der Waals surface area contributed by atoms with Gasteiger partial charge in [-0.25, -0.2) is 8.78 Å². The molecule has 19 heavy (non-hydrogen) atoms. The molecule has 0 radical (unpaired) electrons. The number of ether oxygens (including phenoxy) is 2. The third-order valence-corrected chi connectivity index (χ3v) is 3.70. The van der Waals surface area contributed by atoms with Crippen LogP contribution in [-0.2, 0) is 4.74 Å². The second kappa shape index (κ2) is 7.17. The molecule has 0 aliphatic carbocycles. The quantitative estimate of drug-likeness (QED) is 0.825. The highest BCUT2D eigenvalue weighted by molar-refractivity contribution is 9.10. The maximum absolute atomic E-state index is 12.7. The van der Waals surface area contributed by atoms with Crippen LogP contribution in [0.4, 0.5) is 8.78 Å². The maximum atomic E-state index is 12.7. The lowest BCUT2D eigenvalue weighted by molar-refractivity contribution is 0.0322. The minimum absolute atomic E-state index is 0.0381. The smallest absolute Gasteiger partial charge is 0.265 e. The predicted octanol–water partition coefficient (Wildman–Crippen LogP) is 3.10. The molecule has 1 heterocycles. The van der Waals surface area contributed by atoms with Crippen molar-refractivity contribution in [1.29, 1.82) is 0 Å². The van der Waals surface area contributed by atoms with Crippen LogP contribution in [0.1, 0.15) is 12.0 Å². The summed E-state index contributed by atoms with van der Waals surface area (Å²) in [5, 5.41) is 0. The van der Waals surface area contributed by atoms with Crippen molar-refractivity contribution < 1.29 is 18.3 Å². The summed E-state index contributed by atoms with van der Waals surface area (Å²) in [6, 6.07) is 4.66. The fraction of sp³-hybridized carbons (Fsp3) is 0.538. The third kappa shape index (κ3) is 4.40. The molecule has 1 aromatic carbocycles. The Morgan fingerprint density at radius 3 is 2.74 bits per heavy atom. The van der Waals surface area contributed by atoms with E-state index in [1.54, 1.807) is 12.1 Å². The first-order valence-electron chi connectivity index (χ1n) is 6.17. The van der Waals surface area contributed by atoms with Gasteiger partial charge in [-0.05, 0) is 18.2 Å². The first kappa shape index (κ1) is 14.7. The zero-order valence-electron chi connectivity index (χ0n) is 10.4. The van der Waals surface area contributed by atoms with Gasteiger partial charge in [0.15, 0.2) is 0 Å². The van der Waals surface area contributed by atoms with Crippen LogP contribution in [-0.4, -0.2) is 44.4 Å². The summed E-state index contributed by atoms with van der Waals surface area (Å²) in [7, 11) is 0. The molecule has 1 aliphatic heterocycles. The molecule has 0 aromatic heterocycles. The van der Waals surface area contributed by atoms with E-state index < -0.39 is 6.43 Å². The normalized spacial score (nSPS) is 16.8. The van der Waals surface area contributed by atoms with Crippen molar-refractivity contribution in [3.05, 3.63) is 28.2 Å². The van der Waals surface area contributed by atoms with E-state index in [1.165, 1.54) is 6.07 Å². The second-order valence-electron chi connectivity index (χ2n) is 4.29. The van der Waals surface area contributed by atoms with Gasteiger partial charge in [0.05, 0.1) is 13.2 Å². The zero-order chi connectivity index (χ0) is 13.7. The fourth-order valence-electron chi connectivity index (χ4n) is 1.90. The predicted molar refractivity (Wildman–Crippen MR) is 71.9 cm³/mol.